The summed E-state index contributed by atoms with van der Waals surface area (Å²) in [6.07, 6.45) is 3.56. The van der Waals surface area contributed by atoms with Crippen molar-refractivity contribution in [1.29, 1.82) is 0 Å². The molecule has 1 heterocycles. The predicted octanol–water partition coefficient (Wildman–Crippen LogP) is 1.99. The van der Waals surface area contributed by atoms with Crippen LogP contribution in [0.25, 0.3) is 0 Å². The van der Waals surface area contributed by atoms with Gasteiger partial charge in [0.05, 0.1) is 0 Å². The zero-order valence-corrected chi connectivity index (χ0v) is 7.24. The van der Waals surface area contributed by atoms with Crippen LogP contribution in [0.1, 0.15) is 20.3 Å². The molecule has 0 N–H and O–H groups in total. The Bertz CT molecular complexity index is 90.9. The number of hydrogen-bond acceptors (Lipinski definition) is 2. The molecule has 0 aliphatic carbocycles. The molecular weight excluding hydrogens is 130 g/mol. The Balaban J connectivity index is 2.27. The highest BCUT2D eigenvalue weighted by Crippen LogP contribution is 2.29. The van der Waals surface area contributed by atoms with Gasteiger partial charge < -0.3 is 0 Å². The van der Waals surface area contributed by atoms with E-state index in [0.717, 1.165) is 12.0 Å². The third-order valence-electron chi connectivity index (χ3n) is 2.02. The van der Waals surface area contributed by atoms with E-state index in [9.17, 15) is 0 Å². The van der Waals surface area contributed by atoms with Crippen molar-refractivity contribution >= 4 is 11.9 Å². The largest absolute Gasteiger partial charge is 0.247 e. The first-order valence-electron chi connectivity index (χ1n) is 3.56. The Morgan fingerprint density at radius 1 is 1.56 bits per heavy atom. The molecule has 0 saturated carbocycles. The van der Waals surface area contributed by atoms with E-state index in [0.29, 0.717) is 0 Å². The summed E-state index contributed by atoms with van der Waals surface area (Å²) in [7, 11) is 0. The van der Waals surface area contributed by atoms with Gasteiger partial charge in [0.2, 0.25) is 0 Å². The summed E-state index contributed by atoms with van der Waals surface area (Å²) in [4.78, 5) is 0. The molecule has 0 aromatic carbocycles. The molecular formula is C7H15NS. The van der Waals surface area contributed by atoms with Crippen molar-refractivity contribution in [2.45, 2.75) is 26.3 Å². The monoisotopic (exact) mass is 145 g/mol. The maximum Gasteiger partial charge on any atom is 0.0237 e. The Hall–Kier alpha value is 0.310. The maximum atomic E-state index is 2.46. The van der Waals surface area contributed by atoms with Crippen LogP contribution in [-0.4, -0.2) is 23.1 Å². The minimum atomic E-state index is 0.839. The van der Waals surface area contributed by atoms with E-state index in [1.807, 2.05) is 11.9 Å². The first-order valence-corrected chi connectivity index (χ1v) is 4.74. The highest BCUT2D eigenvalue weighted by atomic mass is 32.2. The molecule has 54 valence electrons. The van der Waals surface area contributed by atoms with Crippen LogP contribution in [0.2, 0.25) is 0 Å². The Morgan fingerprint density at radius 2 is 2.22 bits per heavy atom. The summed E-state index contributed by atoms with van der Waals surface area (Å²) in [6.45, 7) is 5.89. The summed E-state index contributed by atoms with van der Waals surface area (Å²) < 4.78 is 2.46. The molecule has 0 spiro atoms. The standard InChI is InChI=1S/C7H15NS/c1-6(2)7-4-5-8(7)9-3/h6-7H,4-5H2,1-3H3. The van der Waals surface area contributed by atoms with Crippen molar-refractivity contribution in [1.82, 2.24) is 4.31 Å². The zero-order valence-electron chi connectivity index (χ0n) is 6.42. The maximum absolute atomic E-state index is 2.46. The molecule has 1 saturated heterocycles. The van der Waals surface area contributed by atoms with Gasteiger partial charge in [-0.05, 0) is 18.6 Å². The highest BCUT2D eigenvalue weighted by Gasteiger charge is 2.29. The van der Waals surface area contributed by atoms with Crippen LogP contribution in [0.5, 0.6) is 0 Å². The van der Waals surface area contributed by atoms with Gasteiger partial charge >= 0.3 is 0 Å². The molecule has 1 unspecified atom stereocenters. The lowest BCUT2D eigenvalue weighted by atomic mass is 9.95. The molecule has 0 aromatic heterocycles. The van der Waals surface area contributed by atoms with Crippen molar-refractivity contribution < 1.29 is 0 Å². The quantitative estimate of drug-likeness (QED) is 0.547. The van der Waals surface area contributed by atoms with Gasteiger partial charge in [0, 0.05) is 12.6 Å². The van der Waals surface area contributed by atoms with E-state index in [1.165, 1.54) is 13.0 Å². The third kappa shape index (κ3) is 1.41. The summed E-state index contributed by atoms with van der Waals surface area (Å²) in [5, 5.41) is 0. The van der Waals surface area contributed by atoms with Gasteiger partial charge in [-0.15, -0.1) is 0 Å². The Labute approximate surface area is 61.9 Å². The van der Waals surface area contributed by atoms with E-state index in [4.69, 9.17) is 0 Å². The highest BCUT2D eigenvalue weighted by molar-refractivity contribution is 7.96. The number of nitrogens with zero attached hydrogens (tertiary/aromatic N) is 1. The van der Waals surface area contributed by atoms with Crippen molar-refractivity contribution in [3.8, 4) is 0 Å². The molecule has 1 aliphatic heterocycles. The Morgan fingerprint density at radius 3 is 2.33 bits per heavy atom. The van der Waals surface area contributed by atoms with Gasteiger partial charge in [0.15, 0.2) is 0 Å². The molecule has 1 rings (SSSR count). The van der Waals surface area contributed by atoms with Crippen LogP contribution in [-0.2, 0) is 0 Å². The average molecular weight is 145 g/mol. The first-order chi connectivity index (χ1) is 4.25. The van der Waals surface area contributed by atoms with Crippen molar-refractivity contribution in [2.75, 3.05) is 12.8 Å². The fraction of sp³-hybridized carbons (Fsp3) is 1.00. The minimum Gasteiger partial charge on any atom is -0.247 e. The van der Waals surface area contributed by atoms with Gasteiger partial charge in [-0.3, -0.25) is 0 Å². The van der Waals surface area contributed by atoms with Gasteiger partial charge in [0.25, 0.3) is 0 Å². The van der Waals surface area contributed by atoms with Gasteiger partial charge in [-0.2, -0.15) is 0 Å². The lowest BCUT2D eigenvalue weighted by Crippen LogP contribution is -2.45. The number of hydrogen-bond donors (Lipinski definition) is 0. The molecule has 0 aromatic rings. The molecule has 0 radical (unpaired) electrons. The van der Waals surface area contributed by atoms with Crippen LogP contribution < -0.4 is 0 Å². The van der Waals surface area contributed by atoms with E-state index >= 15 is 0 Å². The summed E-state index contributed by atoms with van der Waals surface area (Å²) >= 11 is 1.88. The van der Waals surface area contributed by atoms with E-state index in [-0.39, 0.29) is 0 Å². The van der Waals surface area contributed by atoms with Crippen LogP contribution in [0, 0.1) is 5.92 Å². The molecule has 0 amide bonds. The molecule has 1 atom stereocenters. The van der Waals surface area contributed by atoms with Crippen LogP contribution in [0.15, 0.2) is 0 Å². The fourth-order valence-corrected chi connectivity index (χ4v) is 2.18. The van der Waals surface area contributed by atoms with Crippen molar-refractivity contribution in [3.63, 3.8) is 0 Å². The fourth-order valence-electron chi connectivity index (χ4n) is 1.28. The minimum absolute atomic E-state index is 0.839. The predicted molar refractivity (Wildman–Crippen MR) is 43.5 cm³/mol. The van der Waals surface area contributed by atoms with Crippen molar-refractivity contribution in [3.05, 3.63) is 0 Å². The normalized spacial score (nSPS) is 28.7. The molecule has 1 aliphatic rings. The van der Waals surface area contributed by atoms with E-state index in [1.54, 1.807) is 0 Å². The third-order valence-corrected chi connectivity index (χ3v) is 2.94. The zero-order chi connectivity index (χ0) is 6.85. The lowest BCUT2D eigenvalue weighted by Gasteiger charge is -2.41. The molecule has 1 nitrogen and oxygen atoms in total. The van der Waals surface area contributed by atoms with Gasteiger partial charge in [-0.1, -0.05) is 25.8 Å². The second-order valence-electron chi connectivity index (χ2n) is 2.92. The second-order valence-corrected chi connectivity index (χ2v) is 3.76. The topological polar surface area (TPSA) is 3.24 Å². The first kappa shape index (κ1) is 7.42. The number of rotatable bonds is 2. The summed E-state index contributed by atoms with van der Waals surface area (Å²) in [5.74, 6) is 0.839. The summed E-state index contributed by atoms with van der Waals surface area (Å²) in [6, 6.07) is 0.861. The Kier molecular flexibility index (Phi) is 2.42. The lowest BCUT2D eigenvalue weighted by molar-refractivity contribution is 0.167. The van der Waals surface area contributed by atoms with Crippen LogP contribution >= 0.6 is 11.9 Å². The van der Waals surface area contributed by atoms with E-state index in [2.05, 4.69) is 24.4 Å². The van der Waals surface area contributed by atoms with Gasteiger partial charge in [-0.25, -0.2) is 4.31 Å². The van der Waals surface area contributed by atoms with Crippen LogP contribution in [0.4, 0.5) is 0 Å². The SMILES string of the molecule is CSN1CCC1C(C)C. The van der Waals surface area contributed by atoms with Crippen LogP contribution in [0.3, 0.4) is 0 Å². The van der Waals surface area contributed by atoms with Gasteiger partial charge in [0.1, 0.15) is 0 Å². The second kappa shape index (κ2) is 2.93. The smallest absolute Gasteiger partial charge is 0.0237 e. The van der Waals surface area contributed by atoms with Crippen molar-refractivity contribution in [2.24, 2.45) is 5.92 Å². The molecule has 2 heteroatoms. The average Bonchev–Trinajstić information content (AvgIpc) is 1.61. The van der Waals surface area contributed by atoms with E-state index < -0.39 is 0 Å². The molecule has 1 fully saturated rings. The summed E-state index contributed by atoms with van der Waals surface area (Å²) in [5.41, 5.74) is 0. The molecule has 0 bridgehead atoms. The molecule has 9 heavy (non-hydrogen) atoms.